The Bertz CT molecular complexity index is 1080. The number of amides is 1. The van der Waals surface area contributed by atoms with Crippen molar-refractivity contribution in [2.75, 3.05) is 12.0 Å². The summed E-state index contributed by atoms with van der Waals surface area (Å²) in [5.74, 6) is -1.17. The van der Waals surface area contributed by atoms with Crippen molar-refractivity contribution in [2.24, 2.45) is 0 Å². The van der Waals surface area contributed by atoms with E-state index in [0.29, 0.717) is 24.3 Å². The number of allylic oxidation sites excluding steroid dienone is 1. The van der Waals surface area contributed by atoms with Gasteiger partial charge >= 0.3 is 5.97 Å². The average Bonchev–Trinajstić information content (AvgIpc) is 3.30. The number of nitrogens with zero attached hydrogens (tertiary/aromatic N) is 2. The lowest BCUT2D eigenvalue weighted by atomic mass is 10.0. The fraction of sp³-hybridized carbons (Fsp3) is 0.208. The van der Waals surface area contributed by atoms with Crippen LogP contribution in [0.5, 0.6) is 0 Å². The quantitative estimate of drug-likeness (QED) is 0.450. The number of hydrogen-bond donors (Lipinski definition) is 2. The fourth-order valence-electron chi connectivity index (χ4n) is 3.17. The van der Waals surface area contributed by atoms with Crippen LogP contribution in [0.1, 0.15) is 27.9 Å². The molecule has 166 valence electrons. The van der Waals surface area contributed by atoms with Crippen LogP contribution in [-0.2, 0) is 11.3 Å². The summed E-state index contributed by atoms with van der Waals surface area (Å²) >= 11 is 1.53. The van der Waals surface area contributed by atoms with Gasteiger partial charge in [-0.05, 0) is 65.5 Å². The number of aromatic nitrogens is 2. The van der Waals surface area contributed by atoms with Crippen molar-refractivity contribution in [3.63, 3.8) is 0 Å². The van der Waals surface area contributed by atoms with E-state index in [0.717, 1.165) is 16.7 Å². The molecule has 1 atom stereocenters. The Labute approximate surface area is 190 Å². The fourth-order valence-corrected chi connectivity index (χ4v) is 3.64. The van der Waals surface area contributed by atoms with Crippen molar-refractivity contribution < 1.29 is 19.1 Å². The third kappa shape index (κ3) is 6.55. The molecule has 0 aliphatic heterocycles. The van der Waals surface area contributed by atoms with Gasteiger partial charge in [-0.1, -0.05) is 24.3 Å². The van der Waals surface area contributed by atoms with E-state index in [9.17, 15) is 19.1 Å². The lowest BCUT2D eigenvalue weighted by Crippen LogP contribution is -2.41. The standard InChI is InChI=1S/C24H24FN3O3S/c1-32-12-9-22(24(30)31)27-23(29)19-4-2-3-17(13-19)14-20(15-28-11-10-26-16-28)18-5-7-21(25)8-6-18/h2-8,10-11,13-14,16,22H,9,12,15H2,1H3,(H,27,29)(H,30,31)/b20-14-/t22-/m1/s1. The van der Waals surface area contributed by atoms with Gasteiger partial charge in [0.05, 0.1) is 6.33 Å². The Hall–Kier alpha value is -3.39. The van der Waals surface area contributed by atoms with Gasteiger partial charge < -0.3 is 15.0 Å². The molecule has 2 N–H and O–H groups in total. The van der Waals surface area contributed by atoms with E-state index in [1.807, 2.05) is 29.2 Å². The topological polar surface area (TPSA) is 84.2 Å². The first kappa shape index (κ1) is 23.3. The number of nitrogens with one attached hydrogen (secondary N) is 1. The average molecular weight is 454 g/mol. The smallest absolute Gasteiger partial charge is 0.326 e. The van der Waals surface area contributed by atoms with Crippen LogP contribution in [-0.4, -0.2) is 44.6 Å². The normalized spacial score (nSPS) is 12.4. The van der Waals surface area contributed by atoms with Crippen molar-refractivity contribution in [3.8, 4) is 0 Å². The zero-order valence-electron chi connectivity index (χ0n) is 17.6. The van der Waals surface area contributed by atoms with E-state index in [-0.39, 0.29) is 5.82 Å². The molecule has 8 heteroatoms. The zero-order chi connectivity index (χ0) is 22.9. The van der Waals surface area contributed by atoms with E-state index < -0.39 is 17.9 Å². The first-order chi connectivity index (χ1) is 15.5. The van der Waals surface area contributed by atoms with Crippen molar-refractivity contribution in [3.05, 3.63) is 89.8 Å². The molecule has 1 aromatic heterocycles. The summed E-state index contributed by atoms with van der Waals surface area (Å²) in [5, 5.41) is 12.0. The molecule has 0 saturated heterocycles. The highest BCUT2D eigenvalue weighted by Gasteiger charge is 2.20. The van der Waals surface area contributed by atoms with E-state index in [1.54, 1.807) is 42.9 Å². The van der Waals surface area contributed by atoms with Gasteiger partial charge in [-0.25, -0.2) is 14.2 Å². The number of carboxylic acids is 1. The van der Waals surface area contributed by atoms with Crippen molar-refractivity contribution in [1.82, 2.24) is 14.9 Å². The number of imidazole rings is 1. The van der Waals surface area contributed by atoms with Crippen LogP contribution in [0.4, 0.5) is 4.39 Å². The van der Waals surface area contributed by atoms with E-state index in [4.69, 9.17) is 0 Å². The molecule has 0 aliphatic rings. The molecule has 1 amide bonds. The van der Waals surface area contributed by atoms with Crippen LogP contribution in [0.3, 0.4) is 0 Å². The summed E-state index contributed by atoms with van der Waals surface area (Å²) in [7, 11) is 0. The summed E-state index contributed by atoms with van der Waals surface area (Å²) < 4.78 is 15.3. The molecule has 32 heavy (non-hydrogen) atoms. The number of thioether (sulfide) groups is 1. The number of halogens is 1. The van der Waals surface area contributed by atoms with Gasteiger partial charge in [-0.3, -0.25) is 4.79 Å². The molecular formula is C24H24FN3O3S. The Morgan fingerprint density at radius 2 is 2.00 bits per heavy atom. The summed E-state index contributed by atoms with van der Waals surface area (Å²) in [6.07, 6.45) is 9.37. The zero-order valence-corrected chi connectivity index (χ0v) is 18.4. The number of hydrogen-bond acceptors (Lipinski definition) is 4. The van der Waals surface area contributed by atoms with Crippen LogP contribution in [0, 0.1) is 5.82 Å². The number of aliphatic carboxylic acids is 1. The monoisotopic (exact) mass is 453 g/mol. The molecule has 3 aromatic rings. The summed E-state index contributed by atoms with van der Waals surface area (Å²) in [6.45, 7) is 0.512. The number of carbonyl (C=O) groups excluding carboxylic acids is 1. The minimum absolute atomic E-state index is 0.316. The molecule has 1 heterocycles. The second-order valence-corrected chi connectivity index (χ2v) is 8.17. The lowest BCUT2D eigenvalue weighted by molar-refractivity contribution is -0.139. The first-order valence-corrected chi connectivity index (χ1v) is 11.4. The van der Waals surface area contributed by atoms with Gasteiger partial charge in [0, 0.05) is 24.5 Å². The predicted octanol–water partition coefficient (Wildman–Crippen LogP) is 4.20. The van der Waals surface area contributed by atoms with E-state index in [1.165, 1.54) is 23.9 Å². The molecule has 0 spiro atoms. The molecule has 6 nitrogen and oxygen atoms in total. The molecular weight excluding hydrogens is 429 g/mol. The SMILES string of the molecule is CSCC[C@@H](NC(=O)c1cccc(/C=C(/Cn2ccnc2)c2ccc(F)cc2)c1)C(=O)O. The molecule has 0 radical (unpaired) electrons. The van der Waals surface area contributed by atoms with Crippen LogP contribution in [0.15, 0.2) is 67.3 Å². The number of benzene rings is 2. The van der Waals surface area contributed by atoms with Crippen LogP contribution in [0.25, 0.3) is 11.6 Å². The number of carbonyl (C=O) groups is 2. The van der Waals surface area contributed by atoms with Crippen molar-refractivity contribution in [2.45, 2.75) is 19.0 Å². The molecule has 0 fully saturated rings. The lowest BCUT2D eigenvalue weighted by Gasteiger charge is -2.14. The molecule has 0 aliphatic carbocycles. The largest absolute Gasteiger partial charge is 0.480 e. The van der Waals surface area contributed by atoms with Crippen LogP contribution in [0.2, 0.25) is 0 Å². The highest BCUT2D eigenvalue weighted by molar-refractivity contribution is 7.98. The Morgan fingerprint density at radius 1 is 1.22 bits per heavy atom. The number of carboxylic acid groups (broad SMARTS) is 1. The maximum absolute atomic E-state index is 13.4. The second-order valence-electron chi connectivity index (χ2n) is 7.18. The van der Waals surface area contributed by atoms with Crippen LogP contribution >= 0.6 is 11.8 Å². The molecule has 3 rings (SSSR count). The van der Waals surface area contributed by atoms with Gasteiger partial charge in [-0.15, -0.1) is 0 Å². The Balaban J connectivity index is 1.86. The molecule has 0 saturated carbocycles. The van der Waals surface area contributed by atoms with E-state index >= 15 is 0 Å². The minimum atomic E-state index is -1.05. The maximum Gasteiger partial charge on any atom is 0.326 e. The Kier molecular flexibility index (Phi) is 8.21. The van der Waals surface area contributed by atoms with Gasteiger partial charge in [0.1, 0.15) is 11.9 Å². The maximum atomic E-state index is 13.4. The van der Waals surface area contributed by atoms with Crippen LogP contribution < -0.4 is 5.32 Å². The first-order valence-electron chi connectivity index (χ1n) is 10.0. The van der Waals surface area contributed by atoms with E-state index in [2.05, 4.69) is 10.3 Å². The summed E-state index contributed by atoms with van der Waals surface area (Å²) in [4.78, 5) is 28.2. The van der Waals surface area contributed by atoms with Gasteiger partial charge in [0.2, 0.25) is 0 Å². The predicted molar refractivity (Wildman–Crippen MR) is 125 cm³/mol. The van der Waals surface area contributed by atoms with Gasteiger partial charge in [0.25, 0.3) is 5.91 Å². The summed E-state index contributed by atoms with van der Waals surface area (Å²) in [5.41, 5.74) is 2.89. The highest BCUT2D eigenvalue weighted by atomic mass is 32.2. The number of rotatable bonds is 10. The highest BCUT2D eigenvalue weighted by Crippen LogP contribution is 2.21. The molecule has 0 unspecified atom stereocenters. The van der Waals surface area contributed by atoms with Gasteiger partial charge in [0.15, 0.2) is 0 Å². The Morgan fingerprint density at radius 3 is 2.66 bits per heavy atom. The third-order valence-corrected chi connectivity index (χ3v) is 5.47. The third-order valence-electron chi connectivity index (χ3n) is 4.83. The minimum Gasteiger partial charge on any atom is -0.480 e. The molecule has 2 aromatic carbocycles. The van der Waals surface area contributed by atoms with Gasteiger partial charge in [-0.2, -0.15) is 11.8 Å². The second kappa shape index (κ2) is 11.3. The van der Waals surface area contributed by atoms with Crippen molar-refractivity contribution >= 4 is 35.3 Å². The summed E-state index contributed by atoms with van der Waals surface area (Å²) in [6, 6.07) is 12.2. The van der Waals surface area contributed by atoms with Crippen molar-refractivity contribution in [1.29, 1.82) is 0 Å². The molecule has 0 bridgehead atoms.